The minimum atomic E-state index is -1.33. The van der Waals surface area contributed by atoms with Crippen molar-refractivity contribution in [2.75, 3.05) is 18.5 Å². The molecule has 1 unspecified atom stereocenters. The minimum Gasteiger partial charge on any atom is -0.480 e. The number of carbonyl (C=O) groups excluding carboxylic acids is 1. The molecule has 2 aromatic rings. The van der Waals surface area contributed by atoms with Gasteiger partial charge in [-0.2, -0.15) is 0 Å². The van der Waals surface area contributed by atoms with Crippen LogP contribution in [0.2, 0.25) is 0 Å². The van der Waals surface area contributed by atoms with E-state index < -0.39 is 24.5 Å². The zero-order chi connectivity index (χ0) is 14.5. The minimum absolute atomic E-state index is 0.199. The summed E-state index contributed by atoms with van der Waals surface area (Å²) in [6.07, 6.45) is 2.73. The summed E-state index contributed by atoms with van der Waals surface area (Å²) in [5.74, 6) is -1.52. The van der Waals surface area contributed by atoms with Crippen LogP contribution < -0.4 is 10.6 Å². The number of rotatable bonds is 6. The number of nitrogens with one attached hydrogen (secondary N) is 3. The average molecular weight is 280 g/mol. The van der Waals surface area contributed by atoms with Crippen molar-refractivity contribution in [3.8, 4) is 0 Å². The second-order valence-corrected chi connectivity index (χ2v) is 3.82. The fraction of sp³-hybridized carbons (Fsp3) is 0.300. The number of carboxylic acid groups (broad SMARTS) is 1. The molecule has 2 heterocycles. The molecule has 0 spiro atoms. The van der Waals surface area contributed by atoms with Crippen LogP contribution in [0.4, 0.5) is 5.82 Å². The van der Waals surface area contributed by atoms with Gasteiger partial charge in [0.1, 0.15) is 17.9 Å². The number of carboxylic acids is 1. The summed E-state index contributed by atoms with van der Waals surface area (Å²) in [4.78, 5) is 36.8. The lowest BCUT2D eigenvalue weighted by Gasteiger charge is -2.12. The summed E-state index contributed by atoms with van der Waals surface area (Å²) < 4.78 is 0. The molecule has 5 N–H and O–H groups in total. The van der Waals surface area contributed by atoms with Crippen LogP contribution in [-0.2, 0) is 9.59 Å². The van der Waals surface area contributed by atoms with Crippen molar-refractivity contribution in [3.63, 3.8) is 0 Å². The number of aliphatic carboxylic acids is 1. The van der Waals surface area contributed by atoms with Crippen molar-refractivity contribution in [2.45, 2.75) is 6.04 Å². The number of hydrogen-bond acceptors (Lipinski definition) is 7. The van der Waals surface area contributed by atoms with Gasteiger partial charge in [-0.1, -0.05) is 0 Å². The Balaban J connectivity index is 1.96. The summed E-state index contributed by atoms with van der Waals surface area (Å²) in [5.41, 5.74) is 0.985. The summed E-state index contributed by atoms with van der Waals surface area (Å²) in [5, 5.41) is 22.4. The first-order chi connectivity index (χ1) is 9.61. The summed E-state index contributed by atoms with van der Waals surface area (Å²) in [7, 11) is 0. The highest BCUT2D eigenvalue weighted by Gasteiger charge is 2.18. The maximum atomic E-state index is 11.5. The standard InChI is InChI=1S/C10H12N6O4/c17-2-5(10(19)20)16-6(18)1-11-8-7-9(13-3-12-7)15-4-14-8/h3-5,17H,1-2H2,(H,16,18)(H,19,20)(H2,11,12,13,14,15). The number of carbonyl (C=O) groups is 2. The van der Waals surface area contributed by atoms with Crippen molar-refractivity contribution in [2.24, 2.45) is 0 Å². The predicted octanol–water partition coefficient (Wildman–Crippen LogP) is -1.67. The van der Waals surface area contributed by atoms with Crippen LogP contribution in [0.15, 0.2) is 12.7 Å². The molecule has 0 bridgehead atoms. The highest BCUT2D eigenvalue weighted by molar-refractivity contribution is 5.88. The second kappa shape index (κ2) is 5.93. The van der Waals surface area contributed by atoms with Gasteiger partial charge < -0.3 is 25.8 Å². The Bertz CT molecular complexity index is 627. The van der Waals surface area contributed by atoms with Gasteiger partial charge in [0, 0.05) is 0 Å². The van der Waals surface area contributed by atoms with Crippen molar-refractivity contribution in [1.82, 2.24) is 25.3 Å². The molecule has 0 aliphatic rings. The molecule has 10 nitrogen and oxygen atoms in total. The zero-order valence-corrected chi connectivity index (χ0v) is 10.2. The Kier molecular flexibility index (Phi) is 4.05. The van der Waals surface area contributed by atoms with E-state index in [0.29, 0.717) is 17.0 Å². The monoisotopic (exact) mass is 280 g/mol. The maximum absolute atomic E-state index is 11.5. The number of aromatic nitrogens is 4. The van der Waals surface area contributed by atoms with Gasteiger partial charge in [0.05, 0.1) is 19.5 Å². The van der Waals surface area contributed by atoms with Crippen LogP contribution in [0.3, 0.4) is 0 Å². The van der Waals surface area contributed by atoms with Gasteiger partial charge in [0.15, 0.2) is 11.5 Å². The molecule has 0 aromatic carbocycles. The molecule has 1 atom stereocenters. The largest absolute Gasteiger partial charge is 0.480 e. The number of anilines is 1. The number of nitrogens with zero attached hydrogens (tertiary/aromatic N) is 3. The van der Waals surface area contributed by atoms with E-state index in [0.717, 1.165) is 0 Å². The van der Waals surface area contributed by atoms with Gasteiger partial charge in [0.25, 0.3) is 0 Å². The first-order valence-corrected chi connectivity index (χ1v) is 5.62. The number of H-pyrrole nitrogens is 1. The quantitative estimate of drug-likeness (QED) is 0.421. The molecule has 0 aliphatic heterocycles. The van der Waals surface area contributed by atoms with Gasteiger partial charge in [-0.05, 0) is 0 Å². The molecule has 0 aliphatic carbocycles. The normalized spacial score (nSPS) is 12.1. The van der Waals surface area contributed by atoms with E-state index in [1.807, 2.05) is 0 Å². The molecule has 1 amide bonds. The Hall–Kier alpha value is -2.75. The van der Waals surface area contributed by atoms with Crippen LogP contribution in [0, 0.1) is 0 Å². The fourth-order valence-electron chi connectivity index (χ4n) is 1.49. The van der Waals surface area contributed by atoms with E-state index in [4.69, 9.17) is 10.2 Å². The Morgan fingerprint density at radius 3 is 2.85 bits per heavy atom. The smallest absolute Gasteiger partial charge is 0.328 e. The summed E-state index contributed by atoms with van der Waals surface area (Å²) >= 11 is 0. The van der Waals surface area contributed by atoms with E-state index in [-0.39, 0.29) is 6.54 Å². The highest BCUT2D eigenvalue weighted by Crippen LogP contribution is 2.13. The molecule has 10 heteroatoms. The lowest BCUT2D eigenvalue weighted by atomic mass is 10.3. The topological polar surface area (TPSA) is 153 Å². The van der Waals surface area contributed by atoms with Gasteiger partial charge >= 0.3 is 5.97 Å². The lowest BCUT2D eigenvalue weighted by Crippen LogP contribution is -2.45. The molecule has 2 aromatic heterocycles. The average Bonchev–Trinajstić information content (AvgIpc) is 2.91. The molecule has 2 rings (SSSR count). The van der Waals surface area contributed by atoms with Crippen molar-refractivity contribution in [3.05, 3.63) is 12.7 Å². The number of amides is 1. The molecular weight excluding hydrogens is 268 g/mol. The maximum Gasteiger partial charge on any atom is 0.328 e. The molecule has 0 saturated carbocycles. The first-order valence-electron chi connectivity index (χ1n) is 5.62. The van der Waals surface area contributed by atoms with Crippen LogP contribution in [0.25, 0.3) is 11.2 Å². The SMILES string of the molecule is O=C(CNc1ncnc2nc[nH]c12)NC(CO)C(=O)O. The number of hydrogen-bond donors (Lipinski definition) is 5. The molecule has 106 valence electrons. The van der Waals surface area contributed by atoms with Crippen LogP contribution >= 0.6 is 0 Å². The van der Waals surface area contributed by atoms with Crippen molar-refractivity contribution >= 4 is 28.9 Å². The van der Waals surface area contributed by atoms with E-state index >= 15 is 0 Å². The summed E-state index contributed by atoms with van der Waals surface area (Å²) in [6.45, 7) is -0.881. The number of fused-ring (bicyclic) bond motifs is 1. The van der Waals surface area contributed by atoms with Gasteiger partial charge in [-0.3, -0.25) is 4.79 Å². The Morgan fingerprint density at radius 2 is 2.15 bits per heavy atom. The Morgan fingerprint density at radius 1 is 1.35 bits per heavy atom. The molecule has 0 fully saturated rings. The predicted molar refractivity (Wildman–Crippen MR) is 66.8 cm³/mol. The van der Waals surface area contributed by atoms with Crippen molar-refractivity contribution < 1.29 is 19.8 Å². The van der Waals surface area contributed by atoms with Crippen LogP contribution in [0.5, 0.6) is 0 Å². The first kappa shape index (κ1) is 13.7. The van der Waals surface area contributed by atoms with Gasteiger partial charge in [0.2, 0.25) is 5.91 Å². The van der Waals surface area contributed by atoms with Crippen LogP contribution in [-0.4, -0.2) is 61.2 Å². The number of imidazole rings is 1. The number of aromatic amines is 1. The van der Waals surface area contributed by atoms with Gasteiger partial charge in [-0.25, -0.2) is 19.7 Å². The van der Waals surface area contributed by atoms with Crippen LogP contribution in [0.1, 0.15) is 0 Å². The fourth-order valence-corrected chi connectivity index (χ4v) is 1.49. The molecule has 0 saturated heterocycles. The Labute approximate surface area is 112 Å². The highest BCUT2D eigenvalue weighted by atomic mass is 16.4. The zero-order valence-electron chi connectivity index (χ0n) is 10.2. The molecule has 20 heavy (non-hydrogen) atoms. The third-order valence-corrected chi connectivity index (χ3v) is 2.46. The third kappa shape index (κ3) is 2.98. The number of aliphatic hydroxyl groups excluding tert-OH is 1. The van der Waals surface area contributed by atoms with Crippen molar-refractivity contribution in [1.29, 1.82) is 0 Å². The third-order valence-electron chi connectivity index (χ3n) is 2.46. The van der Waals surface area contributed by atoms with E-state index in [2.05, 4.69) is 30.6 Å². The van der Waals surface area contributed by atoms with Gasteiger partial charge in [-0.15, -0.1) is 0 Å². The second-order valence-electron chi connectivity index (χ2n) is 3.82. The number of aliphatic hydroxyl groups is 1. The lowest BCUT2D eigenvalue weighted by molar-refractivity contribution is -0.142. The van der Waals surface area contributed by atoms with E-state index in [1.54, 1.807) is 0 Å². The summed E-state index contributed by atoms with van der Waals surface area (Å²) in [6, 6.07) is -1.33. The van der Waals surface area contributed by atoms with E-state index in [9.17, 15) is 9.59 Å². The van der Waals surface area contributed by atoms with E-state index in [1.165, 1.54) is 12.7 Å². The molecule has 0 radical (unpaired) electrons. The molecular formula is C10H12N6O4.